The summed E-state index contributed by atoms with van der Waals surface area (Å²) in [5.74, 6) is 2.63. The molecule has 2 heteroatoms. The summed E-state index contributed by atoms with van der Waals surface area (Å²) in [5, 5.41) is 2.26. The topological polar surface area (TPSA) is 0 Å². The second-order valence-corrected chi connectivity index (χ2v) is 2.55. The van der Waals surface area contributed by atoms with Gasteiger partial charge in [0.25, 0.3) is 0 Å². The van der Waals surface area contributed by atoms with Gasteiger partial charge in [0, 0.05) is 15.8 Å². The maximum atomic E-state index is 5.18. The highest BCUT2D eigenvalue weighted by molar-refractivity contribution is 7.81. The molecule has 54 valence electrons. The average Bonchev–Trinajstić information content (AvgIpc) is 2.03. The summed E-state index contributed by atoms with van der Waals surface area (Å²) < 4.78 is 0. The number of thiocarbonyl (C=S) groups is 1. The standard InChI is InChI=1S/C9H5ClS/c10-7-3-5-8-4-1-2-6-9(8)11/h1-2,4-6H/b8-5-. The van der Waals surface area contributed by atoms with E-state index in [9.17, 15) is 0 Å². The maximum absolute atomic E-state index is 5.18. The van der Waals surface area contributed by atoms with Crippen LogP contribution in [0.1, 0.15) is 0 Å². The Hall–Kier alpha value is -0.840. The zero-order valence-corrected chi connectivity index (χ0v) is 7.25. The largest absolute Gasteiger partial charge is 0.0794 e. The lowest BCUT2D eigenvalue weighted by molar-refractivity contribution is 1.77. The summed E-state index contributed by atoms with van der Waals surface area (Å²) in [6.45, 7) is 0. The summed E-state index contributed by atoms with van der Waals surface area (Å²) in [7, 11) is 0. The molecule has 0 aromatic heterocycles. The van der Waals surface area contributed by atoms with Gasteiger partial charge in [0.05, 0.1) is 0 Å². The predicted molar refractivity (Wildman–Crippen MR) is 52.6 cm³/mol. The van der Waals surface area contributed by atoms with Gasteiger partial charge in [0.1, 0.15) is 0 Å². The van der Waals surface area contributed by atoms with E-state index in [1.54, 1.807) is 6.08 Å². The van der Waals surface area contributed by atoms with Gasteiger partial charge in [0.15, 0.2) is 0 Å². The zero-order valence-electron chi connectivity index (χ0n) is 5.67. The van der Waals surface area contributed by atoms with Crippen LogP contribution in [0.2, 0.25) is 0 Å². The maximum Gasteiger partial charge on any atom is 0.0455 e. The molecule has 0 aromatic rings. The monoisotopic (exact) mass is 180 g/mol. The van der Waals surface area contributed by atoms with Gasteiger partial charge in [-0.05, 0) is 23.8 Å². The Morgan fingerprint density at radius 2 is 2.09 bits per heavy atom. The highest BCUT2D eigenvalue weighted by Gasteiger charge is 1.98. The van der Waals surface area contributed by atoms with E-state index in [0.29, 0.717) is 0 Å². The van der Waals surface area contributed by atoms with Gasteiger partial charge in [-0.15, -0.1) is 0 Å². The van der Waals surface area contributed by atoms with E-state index in [-0.39, 0.29) is 0 Å². The Morgan fingerprint density at radius 3 is 2.73 bits per heavy atom. The molecule has 11 heavy (non-hydrogen) atoms. The fourth-order valence-electron chi connectivity index (χ4n) is 0.705. The highest BCUT2D eigenvalue weighted by atomic mass is 35.5. The lowest BCUT2D eigenvalue weighted by atomic mass is 10.1. The van der Waals surface area contributed by atoms with E-state index in [0.717, 1.165) is 10.4 Å². The number of hydrogen-bond donors (Lipinski definition) is 0. The third-order valence-corrected chi connectivity index (χ3v) is 1.68. The first-order valence-corrected chi connectivity index (χ1v) is 3.83. The molecule has 0 bridgehead atoms. The van der Waals surface area contributed by atoms with Crippen LogP contribution in [0.5, 0.6) is 0 Å². The summed E-state index contributed by atoms with van der Waals surface area (Å²) in [4.78, 5) is 0.798. The Morgan fingerprint density at radius 1 is 1.36 bits per heavy atom. The second-order valence-electron chi connectivity index (χ2n) is 1.92. The van der Waals surface area contributed by atoms with Crippen molar-refractivity contribution >= 4 is 28.7 Å². The first-order valence-electron chi connectivity index (χ1n) is 3.05. The Kier molecular flexibility index (Phi) is 3.10. The molecule has 0 N–H and O–H groups in total. The molecule has 1 rings (SSSR count). The second kappa shape index (κ2) is 4.12. The van der Waals surface area contributed by atoms with Gasteiger partial charge in [-0.3, -0.25) is 0 Å². The molecule has 0 atom stereocenters. The molecule has 0 spiro atoms. The van der Waals surface area contributed by atoms with Crippen LogP contribution in [0, 0.1) is 11.3 Å². The van der Waals surface area contributed by atoms with Crippen molar-refractivity contribution in [3.8, 4) is 11.3 Å². The average molecular weight is 181 g/mol. The molecule has 0 amide bonds. The third kappa shape index (κ3) is 2.34. The van der Waals surface area contributed by atoms with Crippen LogP contribution in [0.3, 0.4) is 0 Å². The first kappa shape index (κ1) is 8.26. The van der Waals surface area contributed by atoms with Crippen LogP contribution in [-0.2, 0) is 0 Å². The van der Waals surface area contributed by atoms with Gasteiger partial charge < -0.3 is 0 Å². The number of hydrogen-bond acceptors (Lipinski definition) is 1. The summed E-state index contributed by atoms with van der Waals surface area (Å²) in [5.41, 5.74) is 0.940. The van der Waals surface area contributed by atoms with Gasteiger partial charge in [-0.2, -0.15) is 0 Å². The van der Waals surface area contributed by atoms with Crippen LogP contribution in [0.25, 0.3) is 0 Å². The molecular weight excluding hydrogens is 176 g/mol. The molecule has 0 nitrogen and oxygen atoms in total. The minimum Gasteiger partial charge on any atom is -0.0794 e. The van der Waals surface area contributed by atoms with Crippen LogP contribution in [-0.4, -0.2) is 4.86 Å². The van der Waals surface area contributed by atoms with Crippen LogP contribution in [0.15, 0.2) is 36.0 Å². The van der Waals surface area contributed by atoms with Crippen molar-refractivity contribution < 1.29 is 0 Å². The fourth-order valence-corrected chi connectivity index (χ4v) is 0.965. The predicted octanol–water partition coefficient (Wildman–Crippen LogP) is 2.61. The smallest absolute Gasteiger partial charge is 0.0455 e. The van der Waals surface area contributed by atoms with Crippen molar-refractivity contribution in [3.05, 3.63) is 36.0 Å². The normalized spacial score (nSPS) is 18.3. The van der Waals surface area contributed by atoms with Gasteiger partial charge >= 0.3 is 0 Å². The highest BCUT2D eigenvalue weighted by Crippen LogP contribution is 2.07. The molecule has 0 fully saturated rings. The third-order valence-electron chi connectivity index (χ3n) is 1.20. The molecule has 1 aliphatic rings. The lowest BCUT2D eigenvalue weighted by Crippen LogP contribution is -1.94. The van der Waals surface area contributed by atoms with Crippen LogP contribution < -0.4 is 0 Å². The van der Waals surface area contributed by atoms with Crippen molar-refractivity contribution in [2.24, 2.45) is 0 Å². The Balaban J connectivity index is 2.87. The fraction of sp³-hybridized carbons (Fsp3) is 0. The van der Waals surface area contributed by atoms with E-state index >= 15 is 0 Å². The van der Waals surface area contributed by atoms with Gasteiger partial charge in [-0.25, -0.2) is 0 Å². The van der Waals surface area contributed by atoms with Crippen molar-refractivity contribution in [3.63, 3.8) is 0 Å². The minimum absolute atomic E-state index is 0.798. The molecule has 0 unspecified atom stereocenters. The molecular formula is C9H5ClS. The lowest BCUT2D eigenvalue weighted by Gasteiger charge is -1.99. The van der Waals surface area contributed by atoms with Crippen molar-refractivity contribution in [2.75, 3.05) is 0 Å². The van der Waals surface area contributed by atoms with Crippen molar-refractivity contribution in [1.82, 2.24) is 0 Å². The minimum atomic E-state index is 0.798. The molecule has 0 aromatic carbocycles. The molecule has 1 aliphatic carbocycles. The van der Waals surface area contributed by atoms with Gasteiger partial charge in [0.2, 0.25) is 0 Å². The SMILES string of the molecule is S=C1C=CC=C/C1=C/C#CCl. The van der Waals surface area contributed by atoms with E-state index in [2.05, 4.69) is 11.3 Å². The van der Waals surface area contributed by atoms with E-state index in [1.165, 1.54) is 0 Å². The summed E-state index contributed by atoms with van der Waals surface area (Å²) in [6, 6.07) is 0. The van der Waals surface area contributed by atoms with Gasteiger partial charge in [-0.1, -0.05) is 36.4 Å². The Labute approximate surface area is 76.2 Å². The van der Waals surface area contributed by atoms with Crippen LogP contribution in [0.4, 0.5) is 0 Å². The number of halogens is 1. The van der Waals surface area contributed by atoms with Crippen molar-refractivity contribution in [1.29, 1.82) is 0 Å². The summed E-state index contributed by atoms with van der Waals surface area (Å²) in [6.07, 6.45) is 9.28. The molecule has 0 saturated heterocycles. The van der Waals surface area contributed by atoms with Crippen LogP contribution >= 0.6 is 23.8 Å². The quantitative estimate of drug-likeness (QED) is 0.314. The van der Waals surface area contributed by atoms with E-state index in [4.69, 9.17) is 23.8 Å². The van der Waals surface area contributed by atoms with E-state index < -0.39 is 0 Å². The number of rotatable bonds is 0. The molecule has 0 heterocycles. The molecule has 0 aliphatic heterocycles. The molecule has 0 radical (unpaired) electrons. The van der Waals surface area contributed by atoms with E-state index in [1.807, 2.05) is 24.3 Å². The summed E-state index contributed by atoms with van der Waals surface area (Å²) >= 11 is 10.2. The van der Waals surface area contributed by atoms with Crippen molar-refractivity contribution in [2.45, 2.75) is 0 Å². The Bertz CT molecular complexity index is 310. The number of allylic oxidation sites excluding steroid dienone is 6. The first-order chi connectivity index (χ1) is 5.34. The zero-order chi connectivity index (χ0) is 8.10. The molecule has 0 saturated carbocycles.